The van der Waals surface area contributed by atoms with Crippen molar-refractivity contribution in [2.45, 2.75) is 24.9 Å². The van der Waals surface area contributed by atoms with Crippen molar-refractivity contribution in [2.24, 2.45) is 17.1 Å². The number of ether oxygens (including phenoxy) is 2. The Labute approximate surface area is 145 Å². The highest BCUT2D eigenvalue weighted by molar-refractivity contribution is 5.91. The third-order valence-electron chi connectivity index (χ3n) is 5.72. The first-order valence-corrected chi connectivity index (χ1v) is 8.57. The number of para-hydroxylation sites is 1. The zero-order chi connectivity index (χ0) is 17.7. The van der Waals surface area contributed by atoms with Gasteiger partial charge in [0, 0.05) is 38.5 Å². The predicted molar refractivity (Wildman–Crippen MR) is 86.1 cm³/mol. The second-order valence-electron chi connectivity index (χ2n) is 7.25. The number of carbonyl (C=O) groups excluding carboxylic acids is 2. The molecular weight excluding hydrogens is 327 g/mol. The average molecular weight is 348 g/mol. The molecule has 134 valence electrons. The van der Waals surface area contributed by atoms with Gasteiger partial charge in [0.1, 0.15) is 0 Å². The molecule has 0 aromatic heterocycles. The maximum atomic E-state index is 13.9. The number of primary amides is 1. The van der Waals surface area contributed by atoms with E-state index in [1.165, 1.54) is 12.1 Å². The molecule has 2 amide bonds. The summed E-state index contributed by atoms with van der Waals surface area (Å²) < 4.78 is 25.1. The number of benzene rings is 1. The van der Waals surface area contributed by atoms with Gasteiger partial charge in [0.15, 0.2) is 17.2 Å². The highest BCUT2D eigenvalue weighted by Gasteiger charge is 2.60. The first kappa shape index (κ1) is 16.3. The van der Waals surface area contributed by atoms with Gasteiger partial charge in [-0.05, 0) is 18.6 Å². The minimum atomic E-state index is -1.02. The van der Waals surface area contributed by atoms with Crippen LogP contribution in [0.5, 0.6) is 5.75 Å². The molecule has 1 saturated carbocycles. The summed E-state index contributed by atoms with van der Waals surface area (Å²) in [6.45, 7) is 1.61. The minimum Gasteiger partial charge on any atom is -0.474 e. The minimum absolute atomic E-state index is 0.0814. The van der Waals surface area contributed by atoms with Gasteiger partial charge in [-0.1, -0.05) is 12.1 Å². The van der Waals surface area contributed by atoms with E-state index >= 15 is 0 Å². The van der Waals surface area contributed by atoms with Crippen LogP contribution < -0.4 is 10.5 Å². The molecule has 7 heteroatoms. The number of amides is 2. The lowest BCUT2D eigenvalue weighted by molar-refractivity contribution is -0.141. The van der Waals surface area contributed by atoms with E-state index < -0.39 is 16.8 Å². The lowest BCUT2D eigenvalue weighted by atomic mass is 9.74. The summed E-state index contributed by atoms with van der Waals surface area (Å²) >= 11 is 0. The summed E-state index contributed by atoms with van der Waals surface area (Å²) in [5.41, 5.74) is 3.92. The number of halogens is 1. The summed E-state index contributed by atoms with van der Waals surface area (Å²) in [6, 6.07) is 6.07. The zero-order valence-electron chi connectivity index (χ0n) is 13.9. The van der Waals surface area contributed by atoms with Crippen LogP contribution in [0.4, 0.5) is 4.39 Å². The zero-order valence-corrected chi connectivity index (χ0v) is 13.9. The Morgan fingerprint density at radius 1 is 1.28 bits per heavy atom. The van der Waals surface area contributed by atoms with E-state index in [4.69, 9.17) is 15.2 Å². The molecule has 3 aliphatic rings. The number of nitrogens with zero attached hydrogens (tertiary/aromatic N) is 1. The Balaban J connectivity index is 1.53. The molecule has 2 saturated heterocycles. The number of likely N-dealkylation sites (tertiary alicyclic amines) is 1. The Kier molecular flexibility index (Phi) is 3.72. The SMILES string of the molecule is NC(=O)[C@]12CCOC[C@H]1CN(C(=O)C1(Oc3ccccc3F)CC1)C2. The summed E-state index contributed by atoms with van der Waals surface area (Å²) in [6.07, 6.45) is 1.61. The van der Waals surface area contributed by atoms with E-state index in [1.54, 1.807) is 17.0 Å². The van der Waals surface area contributed by atoms with Gasteiger partial charge in [-0.2, -0.15) is 0 Å². The molecule has 1 aliphatic carbocycles. The second kappa shape index (κ2) is 5.69. The van der Waals surface area contributed by atoms with Gasteiger partial charge in [-0.25, -0.2) is 4.39 Å². The van der Waals surface area contributed by atoms with Crippen LogP contribution in [0.15, 0.2) is 24.3 Å². The molecule has 2 atom stereocenters. The summed E-state index contributed by atoms with van der Waals surface area (Å²) in [5.74, 6) is -1.06. The van der Waals surface area contributed by atoms with Crippen LogP contribution in [-0.4, -0.2) is 48.6 Å². The predicted octanol–water partition coefficient (Wildman–Crippen LogP) is 1.09. The van der Waals surface area contributed by atoms with Gasteiger partial charge in [0.05, 0.1) is 12.0 Å². The van der Waals surface area contributed by atoms with Gasteiger partial charge in [0.2, 0.25) is 5.91 Å². The fourth-order valence-electron chi connectivity index (χ4n) is 4.01. The maximum absolute atomic E-state index is 13.9. The number of carbonyl (C=O) groups is 2. The van der Waals surface area contributed by atoms with E-state index in [0.717, 1.165) is 0 Å². The molecular formula is C18H21FN2O4. The average Bonchev–Trinajstić information content (AvgIpc) is 3.26. The normalized spacial score (nSPS) is 29.8. The molecule has 0 spiro atoms. The van der Waals surface area contributed by atoms with Crippen molar-refractivity contribution in [2.75, 3.05) is 26.3 Å². The van der Waals surface area contributed by atoms with Crippen LogP contribution in [0.25, 0.3) is 0 Å². The molecule has 1 aromatic rings. The van der Waals surface area contributed by atoms with Gasteiger partial charge >= 0.3 is 0 Å². The van der Waals surface area contributed by atoms with Crippen molar-refractivity contribution in [1.29, 1.82) is 0 Å². The standard InChI is InChI=1S/C18H21FN2O4/c19-13-3-1-2-4-14(13)25-18(5-6-18)16(23)21-9-12-10-24-8-7-17(12,11-21)15(20)22/h1-4,12H,5-11H2,(H2,20,22)/t12-,17+/m1/s1. The lowest BCUT2D eigenvalue weighted by Crippen LogP contribution is -2.49. The third-order valence-corrected chi connectivity index (χ3v) is 5.72. The number of nitrogens with two attached hydrogens (primary N) is 1. The number of hydrogen-bond donors (Lipinski definition) is 1. The summed E-state index contributed by atoms with van der Waals surface area (Å²) in [5, 5.41) is 0. The van der Waals surface area contributed by atoms with Crippen LogP contribution in [0.3, 0.4) is 0 Å². The van der Waals surface area contributed by atoms with Crippen LogP contribution >= 0.6 is 0 Å². The Morgan fingerprint density at radius 3 is 2.68 bits per heavy atom. The summed E-state index contributed by atoms with van der Waals surface area (Å²) in [7, 11) is 0. The van der Waals surface area contributed by atoms with Crippen molar-refractivity contribution in [3.8, 4) is 5.75 Å². The molecule has 2 heterocycles. The van der Waals surface area contributed by atoms with E-state index in [-0.39, 0.29) is 30.0 Å². The van der Waals surface area contributed by atoms with Crippen LogP contribution in [0.1, 0.15) is 19.3 Å². The summed E-state index contributed by atoms with van der Waals surface area (Å²) in [4.78, 5) is 26.8. The van der Waals surface area contributed by atoms with E-state index in [1.807, 2.05) is 0 Å². The van der Waals surface area contributed by atoms with Gasteiger partial charge in [-0.15, -0.1) is 0 Å². The van der Waals surface area contributed by atoms with Crippen molar-refractivity contribution >= 4 is 11.8 Å². The van der Waals surface area contributed by atoms with Crippen molar-refractivity contribution in [3.05, 3.63) is 30.1 Å². The van der Waals surface area contributed by atoms with Crippen LogP contribution in [0, 0.1) is 17.2 Å². The van der Waals surface area contributed by atoms with E-state index in [0.29, 0.717) is 39.0 Å². The molecule has 3 fully saturated rings. The fraction of sp³-hybridized carbons (Fsp3) is 0.556. The Hall–Kier alpha value is -2.15. The molecule has 0 unspecified atom stereocenters. The third kappa shape index (κ3) is 2.57. The topological polar surface area (TPSA) is 81.9 Å². The monoisotopic (exact) mass is 348 g/mol. The van der Waals surface area contributed by atoms with Gasteiger partial charge in [-0.3, -0.25) is 9.59 Å². The van der Waals surface area contributed by atoms with E-state index in [2.05, 4.69) is 0 Å². The van der Waals surface area contributed by atoms with Crippen molar-refractivity contribution < 1.29 is 23.5 Å². The van der Waals surface area contributed by atoms with Gasteiger partial charge < -0.3 is 20.1 Å². The fourth-order valence-corrected chi connectivity index (χ4v) is 4.01. The van der Waals surface area contributed by atoms with Crippen LogP contribution in [-0.2, 0) is 14.3 Å². The molecule has 25 heavy (non-hydrogen) atoms. The van der Waals surface area contributed by atoms with Crippen molar-refractivity contribution in [3.63, 3.8) is 0 Å². The first-order chi connectivity index (χ1) is 12.0. The lowest BCUT2D eigenvalue weighted by Gasteiger charge is -2.35. The Morgan fingerprint density at radius 2 is 2.04 bits per heavy atom. The van der Waals surface area contributed by atoms with Crippen LogP contribution in [0.2, 0.25) is 0 Å². The second-order valence-corrected chi connectivity index (χ2v) is 7.25. The largest absolute Gasteiger partial charge is 0.474 e. The number of rotatable bonds is 4. The highest BCUT2D eigenvalue weighted by Crippen LogP contribution is 2.47. The molecule has 0 bridgehead atoms. The molecule has 0 radical (unpaired) electrons. The molecule has 2 N–H and O–H groups in total. The quantitative estimate of drug-likeness (QED) is 0.883. The highest BCUT2D eigenvalue weighted by atomic mass is 19.1. The van der Waals surface area contributed by atoms with Gasteiger partial charge in [0.25, 0.3) is 5.91 Å². The van der Waals surface area contributed by atoms with E-state index in [9.17, 15) is 14.0 Å². The number of fused-ring (bicyclic) bond motifs is 1. The van der Waals surface area contributed by atoms with Crippen molar-refractivity contribution in [1.82, 2.24) is 4.90 Å². The number of hydrogen-bond acceptors (Lipinski definition) is 4. The first-order valence-electron chi connectivity index (χ1n) is 8.57. The molecule has 4 rings (SSSR count). The molecule has 6 nitrogen and oxygen atoms in total. The molecule has 1 aromatic carbocycles. The Bertz CT molecular complexity index is 721. The molecule has 2 aliphatic heterocycles. The smallest absolute Gasteiger partial charge is 0.266 e. The maximum Gasteiger partial charge on any atom is 0.266 e.